The van der Waals surface area contributed by atoms with Gasteiger partial charge in [0.2, 0.25) is 0 Å². The lowest BCUT2D eigenvalue weighted by Gasteiger charge is -2.00. The Labute approximate surface area is 59.3 Å². The first kappa shape index (κ1) is 6.84. The SMILES string of the molecule is CN[C@@H](C#N)c1ccco1. The summed E-state index contributed by atoms with van der Waals surface area (Å²) in [6.45, 7) is 0. The summed E-state index contributed by atoms with van der Waals surface area (Å²) in [6, 6.07) is 5.25. The van der Waals surface area contributed by atoms with Gasteiger partial charge in [0.05, 0.1) is 12.3 Å². The molecule has 52 valence electrons. The number of nitriles is 1. The maximum Gasteiger partial charge on any atom is 0.154 e. The molecule has 1 atom stereocenters. The zero-order chi connectivity index (χ0) is 7.40. The molecule has 0 amide bonds. The number of nitrogens with one attached hydrogen (secondary N) is 1. The Morgan fingerprint density at radius 2 is 2.60 bits per heavy atom. The first-order chi connectivity index (χ1) is 4.88. The standard InChI is InChI=1S/C7H8N2O/c1-9-6(5-8)7-3-2-4-10-7/h2-4,6,9H,1H3/t6-/m0/s1. The molecule has 0 aromatic carbocycles. The molecule has 0 radical (unpaired) electrons. The first-order valence-corrected chi connectivity index (χ1v) is 2.98. The minimum atomic E-state index is -0.324. The largest absolute Gasteiger partial charge is 0.467 e. The van der Waals surface area contributed by atoms with E-state index in [2.05, 4.69) is 5.32 Å². The minimum absolute atomic E-state index is 0.324. The number of nitrogens with zero attached hydrogens (tertiary/aromatic N) is 1. The van der Waals surface area contributed by atoms with Crippen molar-refractivity contribution in [3.05, 3.63) is 24.2 Å². The Balaban J connectivity index is 2.76. The number of hydrogen-bond donors (Lipinski definition) is 1. The maximum absolute atomic E-state index is 8.53. The van der Waals surface area contributed by atoms with Crippen molar-refractivity contribution in [2.45, 2.75) is 6.04 Å². The van der Waals surface area contributed by atoms with Gasteiger partial charge in [0.1, 0.15) is 5.76 Å². The average molecular weight is 136 g/mol. The van der Waals surface area contributed by atoms with Crippen LogP contribution in [0.2, 0.25) is 0 Å². The van der Waals surface area contributed by atoms with Gasteiger partial charge in [-0.1, -0.05) is 0 Å². The molecule has 3 heteroatoms. The zero-order valence-corrected chi connectivity index (χ0v) is 5.66. The van der Waals surface area contributed by atoms with Crippen LogP contribution in [-0.4, -0.2) is 7.05 Å². The molecular formula is C7H8N2O. The molecule has 1 aromatic heterocycles. The van der Waals surface area contributed by atoms with E-state index in [0.717, 1.165) is 0 Å². The van der Waals surface area contributed by atoms with Crippen molar-refractivity contribution >= 4 is 0 Å². The molecule has 0 fully saturated rings. The van der Waals surface area contributed by atoms with Crippen LogP contribution in [0, 0.1) is 11.3 Å². The summed E-state index contributed by atoms with van der Waals surface area (Å²) in [7, 11) is 1.72. The Morgan fingerprint density at radius 3 is 3.00 bits per heavy atom. The van der Waals surface area contributed by atoms with Crippen LogP contribution < -0.4 is 5.32 Å². The van der Waals surface area contributed by atoms with Crippen LogP contribution in [0.1, 0.15) is 11.8 Å². The van der Waals surface area contributed by atoms with Crippen molar-refractivity contribution in [3.63, 3.8) is 0 Å². The van der Waals surface area contributed by atoms with Gasteiger partial charge in [-0.25, -0.2) is 0 Å². The molecule has 3 nitrogen and oxygen atoms in total. The second-order valence-corrected chi connectivity index (χ2v) is 1.87. The Morgan fingerprint density at radius 1 is 1.80 bits per heavy atom. The molecule has 0 saturated heterocycles. The molecule has 0 aliphatic carbocycles. The number of rotatable bonds is 2. The van der Waals surface area contributed by atoms with Crippen molar-refractivity contribution in [2.24, 2.45) is 0 Å². The third kappa shape index (κ3) is 1.17. The van der Waals surface area contributed by atoms with Crippen LogP contribution in [0.25, 0.3) is 0 Å². The average Bonchev–Trinajstić information content (AvgIpc) is 2.43. The van der Waals surface area contributed by atoms with Gasteiger partial charge in [0.15, 0.2) is 6.04 Å². The van der Waals surface area contributed by atoms with E-state index >= 15 is 0 Å². The third-order valence-corrected chi connectivity index (χ3v) is 1.25. The summed E-state index contributed by atoms with van der Waals surface area (Å²) >= 11 is 0. The van der Waals surface area contributed by atoms with Gasteiger partial charge in [-0.2, -0.15) is 5.26 Å². The van der Waals surface area contributed by atoms with E-state index in [1.807, 2.05) is 6.07 Å². The highest BCUT2D eigenvalue weighted by Crippen LogP contribution is 2.10. The van der Waals surface area contributed by atoms with Gasteiger partial charge in [0.25, 0.3) is 0 Å². The highest BCUT2D eigenvalue weighted by Gasteiger charge is 2.08. The summed E-state index contributed by atoms with van der Waals surface area (Å²) < 4.78 is 4.99. The quantitative estimate of drug-likeness (QED) is 0.661. The lowest BCUT2D eigenvalue weighted by Crippen LogP contribution is -2.12. The summed E-state index contributed by atoms with van der Waals surface area (Å²) in [5.74, 6) is 0.657. The first-order valence-electron chi connectivity index (χ1n) is 2.98. The van der Waals surface area contributed by atoms with E-state index in [4.69, 9.17) is 9.68 Å². The van der Waals surface area contributed by atoms with Gasteiger partial charge in [0, 0.05) is 0 Å². The van der Waals surface area contributed by atoms with E-state index in [1.165, 1.54) is 0 Å². The summed E-state index contributed by atoms with van der Waals surface area (Å²) in [5, 5.41) is 11.3. The van der Waals surface area contributed by atoms with Crippen molar-refractivity contribution in [1.82, 2.24) is 5.32 Å². The lowest BCUT2D eigenvalue weighted by atomic mass is 10.2. The minimum Gasteiger partial charge on any atom is -0.467 e. The lowest BCUT2D eigenvalue weighted by molar-refractivity contribution is 0.473. The third-order valence-electron chi connectivity index (χ3n) is 1.25. The van der Waals surface area contributed by atoms with Gasteiger partial charge in [-0.05, 0) is 19.2 Å². The van der Waals surface area contributed by atoms with Gasteiger partial charge < -0.3 is 4.42 Å². The van der Waals surface area contributed by atoms with E-state index in [-0.39, 0.29) is 6.04 Å². The van der Waals surface area contributed by atoms with Gasteiger partial charge in [-0.3, -0.25) is 5.32 Å². The van der Waals surface area contributed by atoms with Crippen molar-refractivity contribution < 1.29 is 4.42 Å². The molecule has 0 unspecified atom stereocenters. The predicted molar refractivity (Wildman–Crippen MR) is 36.1 cm³/mol. The maximum atomic E-state index is 8.53. The predicted octanol–water partition coefficient (Wildman–Crippen LogP) is 1.06. The van der Waals surface area contributed by atoms with Gasteiger partial charge >= 0.3 is 0 Å². The molecule has 0 saturated carbocycles. The van der Waals surface area contributed by atoms with Gasteiger partial charge in [-0.15, -0.1) is 0 Å². The highest BCUT2D eigenvalue weighted by atomic mass is 16.3. The monoisotopic (exact) mass is 136 g/mol. The second-order valence-electron chi connectivity index (χ2n) is 1.87. The van der Waals surface area contributed by atoms with Crippen molar-refractivity contribution in [3.8, 4) is 6.07 Å². The second kappa shape index (κ2) is 3.04. The summed E-state index contributed by atoms with van der Waals surface area (Å²) in [5.41, 5.74) is 0. The smallest absolute Gasteiger partial charge is 0.154 e. The van der Waals surface area contributed by atoms with Crippen LogP contribution >= 0.6 is 0 Å². The molecule has 1 rings (SSSR count). The fraction of sp³-hybridized carbons (Fsp3) is 0.286. The molecule has 1 heterocycles. The molecule has 0 bridgehead atoms. The fourth-order valence-electron chi connectivity index (χ4n) is 0.726. The zero-order valence-electron chi connectivity index (χ0n) is 5.66. The van der Waals surface area contributed by atoms with Crippen molar-refractivity contribution in [1.29, 1.82) is 5.26 Å². The molecule has 10 heavy (non-hydrogen) atoms. The fourth-order valence-corrected chi connectivity index (χ4v) is 0.726. The molecule has 0 spiro atoms. The number of hydrogen-bond acceptors (Lipinski definition) is 3. The Kier molecular flexibility index (Phi) is 2.08. The van der Waals surface area contributed by atoms with E-state index in [0.29, 0.717) is 5.76 Å². The van der Waals surface area contributed by atoms with Crippen LogP contribution in [0.3, 0.4) is 0 Å². The van der Waals surface area contributed by atoms with Crippen LogP contribution in [0.5, 0.6) is 0 Å². The van der Waals surface area contributed by atoms with E-state index in [9.17, 15) is 0 Å². The highest BCUT2D eigenvalue weighted by molar-refractivity contribution is 5.11. The molecular weight excluding hydrogens is 128 g/mol. The van der Waals surface area contributed by atoms with Crippen LogP contribution in [0.4, 0.5) is 0 Å². The van der Waals surface area contributed by atoms with Crippen LogP contribution in [-0.2, 0) is 0 Å². The molecule has 1 N–H and O–H groups in total. The Hall–Kier alpha value is -1.27. The van der Waals surface area contributed by atoms with E-state index < -0.39 is 0 Å². The summed E-state index contributed by atoms with van der Waals surface area (Å²) in [4.78, 5) is 0. The summed E-state index contributed by atoms with van der Waals surface area (Å²) in [6.07, 6.45) is 1.55. The molecule has 0 aliphatic rings. The van der Waals surface area contributed by atoms with Crippen molar-refractivity contribution in [2.75, 3.05) is 7.05 Å². The van der Waals surface area contributed by atoms with E-state index in [1.54, 1.807) is 25.4 Å². The normalized spacial score (nSPS) is 12.4. The molecule has 1 aromatic rings. The number of furan rings is 1. The molecule has 0 aliphatic heterocycles. The Bertz CT molecular complexity index is 222. The topological polar surface area (TPSA) is 49.0 Å². The van der Waals surface area contributed by atoms with Crippen LogP contribution in [0.15, 0.2) is 22.8 Å².